The Balaban J connectivity index is 0.852. The standard InChI is InChI=1S/C66H42N2S/c1-2-12-52(13-3-1)68-63-41-49(28-37-59(63)62-39-26-47-11-5-7-15-58(47)66(62)68)44-22-32-54(33-23-44)67(55-34-24-45(25-35-55)50-29-38-61-60-16-8-9-17-64(60)69-65(61)42-50)53-30-20-43(21-31-53)48-27-36-57-51(40-48)19-18-46-10-4-6-14-56(46)57/h1-42H. The molecule has 14 rings (SSSR count). The predicted molar refractivity (Wildman–Crippen MR) is 297 cm³/mol. The molecule has 0 saturated carbocycles. The minimum absolute atomic E-state index is 1.09. The third kappa shape index (κ3) is 6.62. The number of anilines is 3. The molecule has 0 atom stereocenters. The Kier molecular flexibility index (Phi) is 9.11. The van der Waals surface area contributed by atoms with Crippen LogP contribution >= 0.6 is 11.3 Å². The molecule has 14 aromatic rings. The van der Waals surface area contributed by atoms with Crippen molar-refractivity contribution in [3.8, 4) is 39.1 Å². The third-order valence-electron chi connectivity index (χ3n) is 14.2. The Hall–Kier alpha value is -8.76. The van der Waals surface area contributed by atoms with Crippen molar-refractivity contribution in [3.63, 3.8) is 0 Å². The van der Waals surface area contributed by atoms with Crippen LogP contribution in [0.4, 0.5) is 17.1 Å². The lowest BCUT2D eigenvalue weighted by Crippen LogP contribution is -2.09. The molecule has 0 fully saturated rings. The number of thiophene rings is 1. The van der Waals surface area contributed by atoms with E-state index >= 15 is 0 Å². The van der Waals surface area contributed by atoms with Crippen molar-refractivity contribution >= 4 is 103 Å². The van der Waals surface area contributed by atoms with Gasteiger partial charge in [0.15, 0.2) is 0 Å². The predicted octanol–water partition coefficient (Wildman–Crippen LogP) is 19.1. The first-order chi connectivity index (χ1) is 34.2. The summed E-state index contributed by atoms with van der Waals surface area (Å²) in [5, 5.41) is 12.7. The first-order valence-electron chi connectivity index (χ1n) is 23.6. The van der Waals surface area contributed by atoms with Gasteiger partial charge < -0.3 is 9.47 Å². The molecule has 2 aromatic heterocycles. The van der Waals surface area contributed by atoms with Gasteiger partial charge in [-0.25, -0.2) is 0 Å². The van der Waals surface area contributed by atoms with Crippen molar-refractivity contribution < 1.29 is 0 Å². The summed E-state index contributed by atoms with van der Waals surface area (Å²) >= 11 is 1.86. The lowest BCUT2D eigenvalue weighted by atomic mass is 9.97. The van der Waals surface area contributed by atoms with Crippen molar-refractivity contribution in [1.82, 2.24) is 4.57 Å². The zero-order valence-corrected chi connectivity index (χ0v) is 38.4. The Labute approximate surface area is 403 Å². The number of fused-ring (bicyclic) bond motifs is 11. The molecule has 0 aliphatic carbocycles. The molecule has 322 valence electrons. The van der Waals surface area contributed by atoms with Crippen molar-refractivity contribution in [2.75, 3.05) is 4.90 Å². The van der Waals surface area contributed by atoms with E-state index in [1.807, 2.05) is 11.3 Å². The third-order valence-corrected chi connectivity index (χ3v) is 15.3. The topological polar surface area (TPSA) is 8.17 Å². The quantitative estimate of drug-likeness (QED) is 0.145. The average Bonchev–Trinajstić information content (AvgIpc) is 3.97. The van der Waals surface area contributed by atoms with Gasteiger partial charge in [0.1, 0.15) is 0 Å². The average molecular weight is 895 g/mol. The van der Waals surface area contributed by atoms with Crippen LogP contribution in [-0.2, 0) is 0 Å². The van der Waals surface area contributed by atoms with Crippen LogP contribution in [-0.4, -0.2) is 4.57 Å². The molecule has 12 aromatic carbocycles. The summed E-state index contributed by atoms with van der Waals surface area (Å²) in [7, 11) is 0. The van der Waals surface area contributed by atoms with Gasteiger partial charge in [0.2, 0.25) is 0 Å². The van der Waals surface area contributed by atoms with Crippen LogP contribution in [0.2, 0.25) is 0 Å². The fourth-order valence-electron chi connectivity index (χ4n) is 10.8. The Morgan fingerprint density at radius 1 is 0.275 bits per heavy atom. The molecule has 0 saturated heterocycles. The van der Waals surface area contributed by atoms with Gasteiger partial charge in [-0.1, -0.05) is 182 Å². The highest BCUT2D eigenvalue weighted by Crippen LogP contribution is 2.42. The molecular weight excluding hydrogens is 853 g/mol. The van der Waals surface area contributed by atoms with Crippen molar-refractivity contribution in [3.05, 3.63) is 255 Å². The van der Waals surface area contributed by atoms with E-state index in [0.717, 1.165) is 22.7 Å². The molecule has 0 unspecified atom stereocenters. The van der Waals surface area contributed by atoms with Crippen LogP contribution in [0.5, 0.6) is 0 Å². The molecule has 0 N–H and O–H groups in total. The maximum atomic E-state index is 2.44. The highest BCUT2D eigenvalue weighted by Gasteiger charge is 2.18. The van der Waals surface area contributed by atoms with Gasteiger partial charge in [-0.2, -0.15) is 0 Å². The Bertz CT molecular complexity index is 4280. The zero-order valence-electron chi connectivity index (χ0n) is 37.6. The molecule has 0 spiro atoms. The lowest BCUT2D eigenvalue weighted by molar-refractivity contribution is 1.19. The minimum atomic E-state index is 1.09. The van der Waals surface area contributed by atoms with Gasteiger partial charge in [-0.15, -0.1) is 11.3 Å². The minimum Gasteiger partial charge on any atom is -0.311 e. The first-order valence-corrected chi connectivity index (χ1v) is 24.5. The van der Waals surface area contributed by atoms with E-state index in [4.69, 9.17) is 0 Å². The fraction of sp³-hybridized carbons (Fsp3) is 0. The van der Waals surface area contributed by atoms with Crippen LogP contribution < -0.4 is 4.90 Å². The second-order valence-electron chi connectivity index (χ2n) is 18.1. The summed E-state index contributed by atoms with van der Waals surface area (Å²) in [6.07, 6.45) is 0. The van der Waals surface area contributed by atoms with E-state index in [0.29, 0.717) is 0 Å². The van der Waals surface area contributed by atoms with Crippen LogP contribution in [0, 0.1) is 0 Å². The Morgan fingerprint density at radius 3 is 1.41 bits per heavy atom. The van der Waals surface area contributed by atoms with E-state index in [1.54, 1.807) is 0 Å². The first kappa shape index (κ1) is 39.4. The van der Waals surface area contributed by atoms with E-state index in [2.05, 4.69) is 264 Å². The largest absolute Gasteiger partial charge is 0.311 e. The highest BCUT2D eigenvalue weighted by atomic mass is 32.1. The monoisotopic (exact) mass is 894 g/mol. The number of nitrogens with zero attached hydrogens (tertiary/aromatic N) is 2. The number of rotatable bonds is 7. The molecule has 0 bridgehead atoms. The van der Waals surface area contributed by atoms with Crippen LogP contribution in [0.25, 0.3) is 113 Å². The van der Waals surface area contributed by atoms with Gasteiger partial charge in [0, 0.05) is 59.1 Å². The molecule has 3 heteroatoms. The van der Waals surface area contributed by atoms with Crippen LogP contribution in [0.1, 0.15) is 0 Å². The normalized spacial score (nSPS) is 11.8. The van der Waals surface area contributed by atoms with Crippen LogP contribution in [0.3, 0.4) is 0 Å². The molecular formula is C66H42N2S. The Morgan fingerprint density at radius 2 is 0.725 bits per heavy atom. The summed E-state index contributed by atoms with van der Waals surface area (Å²) in [5.74, 6) is 0. The van der Waals surface area contributed by atoms with E-state index in [1.165, 1.54) is 108 Å². The number of hydrogen-bond acceptors (Lipinski definition) is 2. The number of aromatic nitrogens is 1. The smallest absolute Gasteiger partial charge is 0.0619 e. The summed E-state index contributed by atoms with van der Waals surface area (Å²) in [5.41, 5.74) is 14.0. The SMILES string of the molecule is c1ccc(-n2c3cc(-c4ccc(N(c5ccc(-c6ccc7c(ccc8ccccc87)c6)cc5)c5ccc(-c6ccc7c(c6)sc6ccccc67)cc5)cc4)ccc3c3ccc4ccccc4c32)cc1. The maximum Gasteiger partial charge on any atom is 0.0619 e. The second kappa shape index (κ2) is 16.0. The number of para-hydroxylation sites is 1. The molecule has 0 aliphatic heterocycles. The number of hydrogen-bond donors (Lipinski definition) is 0. The molecule has 2 nitrogen and oxygen atoms in total. The number of benzene rings is 12. The van der Waals surface area contributed by atoms with E-state index in [-0.39, 0.29) is 0 Å². The second-order valence-corrected chi connectivity index (χ2v) is 19.2. The molecule has 0 amide bonds. The molecule has 0 radical (unpaired) electrons. The molecule has 69 heavy (non-hydrogen) atoms. The summed E-state index contributed by atoms with van der Waals surface area (Å²) < 4.78 is 5.08. The van der Waals surface area contributed by atoms with Gasteiger partial charge in [-0.05, 0) is 133 Å². The van der Waals surface area contributed by atoms with E-state index < -0.39 is 0 Å². The van der Waals surface area contributed by atoms with E-state index in [9.17, 15) is 0 Å². The maximum absolute atomic E-state index is 2.44. The fourth-order valence-corrected chi connectivity index (χ4v) is 11.9. The molecule has 0 aliphatic rings. The van der Waals surface area contributed by atoms with Crippen molar-refractivity contribution in [2.24, 2.45) is 0 Å². The highest BCUT2D eigenvalue weighted by molar-refractivity contribution is 7.25. The van der Waals surface area contributed by atoms with Gasteiger partial charge in [0.05, 0.1) is 11.0 Å². The molecule has 2 heterocycles. The van der Waals surface area contributed by atoms with Crippen LogP contribution in [0.15, 0.2) is 255 Å². The van der Waals surface area contributed by atoms with Gasteiger partial charge in [0.25, 0.3) is 0 Å². The lowest BCUT2D eigenvalue weighted by Gasteiger charge is -2.26. The van der Waals surface area contributed by atoms with Gasteiger partial charge >= 0.3 is 0 Å². The summed E-state index contributed by atoms with van der Waals surface area (Å²) in [6, 6.07) is 93.7. The van der Waals surface area contributed by atoms with Crippen molar-refractivity contribution in [1.29, 1.82) is 0 Å². The van der Waals surface area contributed by atoms with Gasteiger partial charge in [-0.3, -0.25) is 0 Å². The summed E-state index contributed by atoms with van der Waals surface area (Å²) in [4.78, 5) is 2.38. The summed E-state index contributed by atoms with van der Waals surface area (Å²) in [6.45, 7) is 0. The zero-order chi connectivity index (χ0) is 45.4. The van der Waals surface area contributed by atoms with Crippen molar-refractivity contribution in [2.45, 2.75) is 0 Å².